The Kier molecular flexibility index (Phi) is 2.78. The third-order valence-electron chi connectivity index (χ3n) is 3.59. The highest BCUT2D eigenvalue weighted by Crippen LogP contribution is 2.31. The van der Waals surface area contributed by atoms with Crippen molar-refractivity contribution < 1.29 is 0 Å². The Bertz CT molecular complexity index is 273. The fourth-order valence-electron chi connectivity index (χ4n) is 2.48. The molecule has 1 heteroatoms. The SMILES string of the molecule is CC1CC=CC2=C1CN(C(C)C)CC2. The van der Waals surface area contributed by atoms with E-state index in [1.807, 2.05) is 0 Å². The molecule has 1 nitrogen and oxygen atoms in total. The van der Waals surface area contributed by atoms with Crippen LogP contribution < -0.4 is 0 Å². The van der Waals surface area contributed by atoms with Crippen LogP contribution in [0.25, 0.3) is 0 Å². The third-order valence-corrected chi connectivity index (χ3v) is 3.59. The lowest BCUT2D eigenvalue weighted by Gasteiger charge is -2.36. The normalized spacial score (nSPS) is 28.4. The quantitative estimate of drug-likeness (QED) is 0.616. The summed E-state index contributed by atoms with van der Waals surface area (Å²) in [6.07, 6.45) is 7.20. The van der Waals surface area contributed by atoms with Crippen LogP contribution in [-0.4, -0.2) is 24.0 Å². The minimum atomic E-state index is 0.696. The smallest absolute Gasteiger partial charge is 0.0204 e. The number of nitrogens with zero attached hydrogens (tertiary/aromatic N) is 1. The zero-order chi connectivity index (χ0) is 10.1. The van der Waals surface area contributed by atoms with Gasteiger partial charge in [-0.1, -0.05) is 19.1 Å². The van der Waals surface area contributed by atoms with Crippen molar-refractivity contribution in [1.29, 1.82) is 0 Å². The highest BCUT2D eigenvalue weighted by molar-refractivity contribution is 5.34. The van der Waals surface area contributed by atoms with Crippen LogP contribution in [-0.2, 0) is 0 Å². The zero-order valence-corrected chi connectivity index (χ0v) is 9.59. The molecule has 0 saturated heterocycles. The Morgan fingerprint density at radius 1 is 1.43 bits per heavy atom. The number of hydrogen-bond donors (Lipinski definition) is 0. The highest BCUT2D eigenvalue weighted by atomic mass is 15.1. The van der Waals surface area contributed by atoms with Crippen LogP contribution in [0, 0.1) is 5.92 Å². The van der Waals surface area contributed by atoms with E-state index in [2.05, 4.69) is 37.8 Å². The average Bonchev–Trinajstić information content (AvgIpc) is 2.18. The molecule has 0 spiro atoms. The fraction of sp³-hybridized carbons (Fsp3) is 0.692. The summed E-state index contributed by atoms with van der Waals surface area (Å²) in [6, 6.07) is 0.696. The fourth-order valence-corrected chi connectivity index (χ4v) is 2.48. The summed E-state index contributed by atoms with van der Waals surface area (Å²) in [7, 11) is 0. The van der Waals surface area contributed by atoms with Crippen molar-refractivity contribution in [3.8, 4) is 0 Å². The molecule has 0 amide bonds. The monoisotopic (exact) mass is 191 g/mol. The summed E-state index contributed by atoms with van der Waals surface area (Å²) in [5.74, 6) is 0.775. The molecule has 0 saturated carbocycles. The molecule has 0 fully saturated rings. The van der Waals surface area contributed by atoms with E-state index < -0.39 is 0 Å². The lowest BCUT2D eigenvalue weighted by molar-refractivity contribution is 0.224. The molecule has 1 heterocycles. The van der Waals surface area contributed by atoms with Crippen molar-refractivity contribution in [2.75, 3.05) is 13.1 Å². The molecule has 0 bridgehead atoms. The van der Waals surface area contributed by atoms with Crippen LogP contribution >= 0.6 is 0 Å². The second kappa shape index (κ2) is 3.90. The van der Waals surface area contributed by atoms with E-state index >= 15 is 0 Å². The van der Waals surface area contributed by atoms with E-state index in [4.69, 9.17) is 0 Å². The molecule has 0 radical (unpaired) electrons. The summed E-state index contributed by atoms with van der Waals surface area (Å²) >= 11 is 0. The van der Waals surface area contributed by atoms with E-state index in [9.17, 15) is 0 Å². The van der Waals surface area contributed by atoms with E-state index in [1.54, 1.807) is 11.1 Å². The maximum atomic E-state index is 2.59. The van der Waals surface area contributed by atoms with Crippen LogP contribution in [0.3, 0.4) is 0 Å². The molecule has 1 aliphatic carbocycles. The first-order valence-corrected chi connectivity index (χ1v) is 5.81. The molecule has 1 atom stereocenters. The van der Waals surface area contributed by atoms with Crippen molar-refractivity contribution in [2.24, 2.45) is 5.92 Å². The van der Waals surface area contributed by atoms with Gasteiger partial charge >= 0.3 is 0 Å². The number of hydrogen-bond acceptors (Lipinski definition) is 1. The van der Waals surface area contributed by atoms with Crippen molar-refractivity contribution in [3.63, 3.8) is 0 Å². The maximum Gasteiger partial charge on any atom is 0.0204 e. The van der Waals surface area contributed by atoms with Gasteiger partial charge in [-0.2, -0.15) is 0 Å². The summed E-state index contributed by atoms with van der Waals surface area (Å²) in [6.45, 7) is 9.42. The lowest BCUT2D eigenvalue weighted by atomic mass is 9.84. The van der Waals surface area contributed by atoms with Gasteiger partial charge in [0.2, 0.25) is 0 Å². The third kappa shape index (κ3) is 1.78. The molecule has 2 aliphatic rings. The van der Waals surface area contributed by atoms with Gasteiger partial charge in [-0.25, -0.2) is 0 Å². The second-order valence-electron chi connectivity index (χ2n) is 4.90. The average molecular weight is 191 g/mol. The van der Waals surface area contributed by atoms with Crippen LogP contribution in [0.15, 0.2) is 23.3 Å². The minimum absolute atomic E-state index is 0.696. The minimum Gasteiger partial charge on any atom is -0.297 e. The lowest BCUT2D eigenvalue weighted by Crippen LogP contribution is -2.38. The molecule has 0 aromatic heterocycles. The standard InChI is InChI=1S/C13H21N/c1-10(2)14-8-7-12-6-4-5-11(3)13(12)9-14/h4,6,10-11H,5,7-9H2,1-3H3. The van der Waals surface area contributed by atoms with Crippen LogP contribution in [0.1, 0.15) is 33.6 Å². The van der Waals surface area contributed by atoms with Gasteiger partial charge in [0.25, 0.3) is 0 Å². The van der Waals surface area contributed by atoms with Gasteiger partial charge in [0.15, 0.2) is 0 Å². The molecule has 1 unspecified atom stereocenters. The zero-order valence-electron chi connectivity index (χ0n) is 9.59. The Hall–Kier alpha value is -0.560. The largest absolute Gasteiger partial charge is 0.297 e. The van der Waals surface area contributed by atoms with Gasteiger partial charge in [-0.15, -0.1) is 0 Å². The summed E-state index contributed by atoms with van der Waals surface area (Å²) in [5.41, 5.74) is 3.33. The maximum absolute atomic E-state index is 2.59. The first-order valence-electron chi connectivity index (χ1n) is 5.81. The molecular weight excluding hydrogens is 170 g/mol. The Balaban J connectivity index is 2.16. The van der Waals surface area contributed by atoms with E-state index in [-0.39, 0.29) is 0 Å². The Morgan fingerprint density at radius 3 is 2.93 bits per heavy atom. The molecule has 78 valence electrons. The van der Waals surface area contributed by atoms with Gasteiger partial charge in [0.05, 0.1) is 0 Å². The van der Waals surface area contributed by atoms with Gasteiger partial charge < -0.3 is 0 Å². The molecule has 0 aromatic rings. The van der Waals surface area contributed by atoms with Crippen LogP contribution in [0.2, 0.25) is 0 Å². The van der Waals surface area contributed by atoms with Crippen molar-refractivity contribution in [1.82, 2.24) is 4.90 Å². The molecule has 1 aliphatic heterocycles. The molecule has 2 rings (SSSR count). The van der Waals surface area contributed by atoms with Gasteiger partial charge in [0.1, 0.15) is 0 Å². The summed E-state index contributed by atoms with van der Waals surface area (Å²) < 4.78 is 0. The van der Waals surface area contributed by atoms with Crippen molar-refractivity contribution in [2.45, 2.75) is 39.7 Å². The van der Waals surface area contributed by atoms with Crippen LogP contribution in [0.5, 0.6) is 0 Å². The summed E-state index contributed by atoms with van der Waals surface area (Å²) in [5, 5.41) is 0. The molecule has 0 aromatic carbocycles. The Labute approximate surface area is 87.5 Å². The first-order chi connectivity index (χ1) is 6.68. The predicted octanol–water partition coefficient (Wildman–Crippen LogP) is 2.99. The number of allylic oxidation sites excluding steroid dienone is 2. The number of rotatable bonds is 1. The van der Waals surface area contributed by atoms with E-state index in [0.717, 1.165) is 5.92 Å². The van der Waals surface area contributed by atoms with Gasteiger partial charge in [-0.05, 0) is 43.8 Å². The van der Waals surface area contributed by atoms with E-state index in [0.29, 0.717) is 6.04 Å². The summed E-state index contributed by atoms with van der Waals surface area (Å²) in [4.78, 5) is 2.59. The molecule has 0 N–H and O–H groups in total. The van der Waals surface area contributed by atoms with Gasteiger partial charge in [0, 0.05) is 19.1 Å². The van der Waals surface area contributed by atoms with Crippen molar-refractivity contribution >= 4 is 0 Å². The highest BCUT2D eigenvalue weighted by Gasteiger charge is 2.24. The van der Waals surface area contributed by atoms with Crippen LogP contribution in [0.4, 0.5) is 0 Å². The molecular formula is C13H21N. The molecule has 14 heavy (non-hydrogen) atoms. The second-order valence-corrected chi connectivity index (χ2v) is 4.90. The topological polar surface area (TPSA) is 3.24 Å². The van der Waals surface area contributed by atoms with Crippen molar-refractivity contribution in [3.05, 3.63) is 23.3 Å². The van der Waals surface area contributed by atoms with Gasteiger partial charge in [-0.3, -0.25) is 4.90 Å². The van der Waals surface area contributed by atoms with E-state index in [1.165, 1.54) is 25.9 Å². The predicted molar refractivity (Wildman–Crippen MR) is 61.3 cm³/mol. The Morgan fingerprint density at radius 2 is 2.21 bits per heavy atom. The first kappa shape index (κ1) is 9.97.